The van der Waals surface area contributed by atoms with Crippen LogP contribution in [0.4, 0.5) is 8.78 Å². The Morgan fingerprint density at radius 1 is 1.33 bits per heavy atom. The van der Waals surface area contributed by atoms with Gasteiger partial charge >= 0.3 is 0 Å². The smallest absolute Gasteiger partial charge is 0.246 e. The molecule has 214 valence electrons. The molecule has 0 aromatic rings. The quantitative estimate of drug-likeness (QED) is 0.300. The number of carbonyl (C=O) groups is 1. The Kier molecular flexibility index (Phi) is 11.8. The third-order valence-electron chi connectivity index (χ3n) is 8.36. The molecule has 3 atom stereocenters. The first-order valence-corrected chi connectivity index (χ1v) is 14.1. The number of carbonyl (C=O) groups excluding carboxylic acids is 1. The highest BCUT2D eigenvalue weighted by molar-refractivity contribution is 6.31. The number of aliphatic hydroxyl groups excluding tert-OH is 1. The van der Waals surface area contributed by atoms with Crippen LogP contribution in [0.1, 0.15) is 32.6 Å². The molecule has 2 fully saturated rings. The Hall–Kier alpha value is -2.48. The van der Waals surface area contributed by atoms with Crippen LogP contribution < -0.4 is 5.32 Å². The van der Waals surface area contributed by atoms with Crippen LogP contribution in [0.5, 0.6) is 0 Å². The second-order valence-corrected chi connectivity index (χ2v) is 11.4. The van der Waals surface area contributed by atoms with E-state index in [0.717, 1.165) is 63.2 Å². The van der Waals surface area contributed by atoms with E-state index in [-0.39, 0.29) is 17.2 Å². The van der Waals surface area contributed by atoms with Crippen molar-refractivity contribution in [3.8, 4) is 0 Å². The number of nitrogens with zero attached hydrogens (tertiary/aromatic N) is 2. The third kappa shape index (κ3) is 9.02. The Morgan fingerprint density at radius 2 is 2.08 bits per heavy atom. The maximum Gasteiger partial charge on any atom is 0.246 e. The van der Waals surface area contributed by atoms with Crippen molar-refractivity contribution in [2.24, 2.45) is 17.3 Å². The van der Waals surface area contributed by atoms with Crippen molar-refractivity contribution >= 4 is 17.5 Å². The number of piperidine rings is 2. The summed E-state index contributed by atoms with van der Waals surface area (Å²) in [5.41, 5.74) is 1.33. The first-order valence-electron chi connectivity index (χ1n) is 13.8. The van der Waals surface area contributed by atoms with Crippen LogP contribution in [0.25, 0.3) is 0 Å². The van der Waals surface area contributed by atoms with Crippen molar-refractivity contribution in [3.63, 3.8) is 0 Å². The molecule has 0 saturated carbocycles. The summed E-state index contributed by atoms with van der Waals surface area (Å²) >= 11 is 6.25. The molecular weight excluding hydrogens is 520 g/mol. The van der Waals surface area contributed by atoms with E-state index in [1.54, 1.807) is 4.90 Å². The minimum atomic E-state index is -0.896. The average molecular weight is 562 g/mol. The minimum absolute atomic E-state index is 0.116. The number of rotatable bonds is 8. The molecule has 39 heavy (non-hydrogen) atoms. The lowest BCUT2D eigenvalue weighted by Crippen LogP contribution is -2.52. The minimum Gasteiger partial charge on any atom is -0.392 e. The van der Waals surface area contributed by atoms with E-state index in [4.69, 9.17) is 11.6 Å². The molecule has 0 aromatic carbocycles. The fraction of sp³-hybridized carbons (Fsp3) is 0.516. The van der Waals surface area contributed by atoms with Gasteiger partial charge in [-0.05, 0) is 85.4 Å². The number of aliphatic hydroxyl groups is 1. The van der Waals surface area contributed by atoms with Crippen LogP contribution in [-0.2, 0) is 4.79 Å². The van der Waals surface area contributed by atoms with Gasteiger partial charge in [0.05, 0.1) is 6.10 Å². The Balaban J connectivity index is 1.48. The van der Waals surface area contributed by atoms with Crippen LogP contribution in [0.2, 0.25) is 0 Å². The lowest BCUT2D eigenvalue weighted by Gasteiger charge is -2.47. The van der Waals surface area contributed by atoms with Gasteiger partial charge in [-0.15, -0.1) is 0 Å². The SMILES string of the molecule is C=CC(/C=C/C(=O)N1CCC([C@H](O)CN2CCC3(C/C=C\C(Cl)=C/C(=C)NC3)C(C)C2)CC1)=C\C(F)=C/CF. The van der Waals surface area contributed by atoms with Gasteiger partial charge in [0.15, 0.2) is 0 Å². The van der Waals surface area contributed by atoms with Crippen LogP contribution >= 0.6 is 11.6 Å². The molecular formula is C31H42ClF2N3O2. The summed E-state index contributed by atoms with van der Waals surface area (Å²) in [6, 6.07) is 0. The molecule has 2 N–H and O–H groups in total. The van der Waals surface area contributed by atoms with Gasteiger partial charge in [0.25, 0.3) is 0 Å². The number of allylic oxidation sites excluding steroid dienone is 10. The Labute approximate surface area is 237 Å². The number of likely N-dealkylation sites (tertiary alicyclic amines) is 2. The van der Waals surface area contributed by atoms with E-state index in [0.29, 0.717) is 36.2 Å². The first-order chi connectivity index (χ1) is 18.7. The molecule has 3 aliphatic heterocycles. The molecule has 3 rings (SSSR count). The number of hydrogen-bond donors (Lipinski definition) is 2. The number of amides is 1. The van der Waals surface area contributed by atoms with Crippen molar-refractivity contribution in [2.75, 3.05) is 45.9 Å². The maximum absolute atomic E-state index is 13.5. The Morgan fingerprint density at radius 3 is 2.74 bits per heavy atom. The number of hydrogen-bond acceptors (Lipinski definition) is 4. The van der Waals surface area contributed by atoms with Crippen molar-refractivity contribution in [2.45, 2.75) is 38.7 Å². The van der Waals surface area contributed by atoms with Crippen molar-refractivity contribution in [1.29, 1.82) is 0 Å². The summed E-state index contributed by atoms with van der Waals surface area (Å²) in [6.45, 7) is 13.5. The number of β-amino-alcohol motifs (C(OH)–C–C–N with tert-alkyl or cyclic N) is 1. The van der Waals surface area contributed by atoms with Crippen LogP contribution in [0.15, 0.2) is 83.9 Å². The Bertz CT molecular complexity index is 1040. The molecule has 2 saturated heterocycles. The summed E-state index contributed by atoms with van der Waals surface area (Å²) in [5.74, 6) is -0.308. The van der Waals surface area contributed by atoms with E-state index in [1.165, 1.54) is 18.2 Å². The summed E-state index contributed by atoms with van der Waals surface area (Å²) in [4.78, 5) is 16.7. The van der Waals surface area contributed by atoms with Gasteiger partial charge in [-0.2, -0.15) is 0 Å². The molecule has 0 radical (unpaired) electrons. The predicted molar refractivity (Wildman–Crippen MR) is 155 cm³/mol. The predicted octanol–water partition coefficient (Wildman–Crippen LogP) is 5.59. The van der Waals surface area contributed by atoms with Gasteiger partial charge in [-0.3, -0.25) is 4.79 Å². The lowest BCUT2D eigenvalue weighted by atomic mass is 9.68. The van der Waals surface area contributed by atoms with Crippen LogP contribution in [-0.4, -0.2) is 72.9 Å². The molecule has 3 aliphatic rings. The molecule has 0 aliphatic carbocycles. The first kappa shape index (κ1) is 31.1. The number of alkyl halides is 1. The zero-order chi connectivity index (χ0) is 28.4. The molecule has 5 nitrogen and oxygen atoms in total. The van der Waals surface area contributed by atoms with Crippen LogP contribution in [0, 0.1) is 17.3 Å². The largest absolute Gasteiger partial charge is 0.392 e. The molecule has 2 unspecified atom stereocenters. The average Bonchev–Trinajstić information content (AvgIpc) is 2.98. The molecule has 3 heterocycles. The van der Waals surface area contributed by atoms with Gasteiger partial charge in [-0.1, -0.05) is 43.8 Å². The molecule has 8 heteroatoms. The van der Waals surface area contributed by atoms with Gasteiger partial charge in [0.1, 0.15) is 12.5 Å². The highest BCUT2D eigenvalue weighted by atomic mass is 35.5. The van der Waals surface area contributed by atoms with Gasteiger partial charge < -0.3 is 20.2 Å². The van der Waals surface area contributed by atoms with E-state index >= 15 is 0 Å². The molecule has 0 bridgehead atoms. The summed E-state index contributed by atoms with van der Waals surface area (Å²) in [5, 5.41) is 15.2. The van der Waals surface area contributed by atoms with E-state index < -0.39 is 18.6 Å². The van der Waals surface area contributed by atoms with Gasteiger partial charge in [0.2, 0.25) is 5.91 Å². The summed E-state index contributed by atoms with van der Waals surface area (Å²) < 4.78 is 25.8. The van der Waals surface area contributed by atoms with Crippen LogP contribution in [0.3, 0.4) is 0 Å². The second-order valence-electron chi connectivity index (χ2n) is 10.9. The molecule has 0 aromatic heterocycles. The van der Waals surface area contributed by atoms with E-state index in [2.05, 4.69) is 36.4 Å². The second kappa shape index (κ2) is 14.8. The van der Waals surface area contributed by atoms with Crippen molar-refractivity contribution < 1.29 is 18.7 Å². The number of halogens is 3. The third-order valence-corrected chi connectivity index (χ3v) is 8.59. The van der Waals surface area contributed by atoms with Gasteiger partial charge in [-0.25, -0.2) is 8.78 Å². The van der Waals surface area contributed by atoms with Crippen molar-refractivity contribution in [1.82, 2.24) is 15.1 Å². The van der Waals surface area contributed by atoms with E-state index in [1.807, 2.05) is 12.2 Å². The number of nitrogens with one attached hydrogen (secondary N) is 1. The topological polar surface area (TPSA) is 55.8 Å². The summed E-state index contributed by atoms with van der Waals surface area (Å²) in [6.07, 6.45) is 15.2. The highest BCUT2D eigenvalue weighted by Gasteiger charge is 2.40. The van der Waals surface area contributed by atoms with E-state index in [9.17, 15) is 18.7 Å². The monoisotopic (exact) mass is 561 g/mol. The van der Waals surface area contributed by atoms with Crippen molar-refractivity contribution in [3.05, 3.63) is 83.9 Å². The van der Waals surface area contributed by atoms with Gasteiger partial charge in [0, 0.05) is 49.5 Å². The zero-order valence-corrected chi connectivity index (χ0v) is 23.7. The molecule has 1 amide bonds. The fourth-order valence-corrected chi connectivity index (χ4v) is 5.94. The maximum atomic E-state index is 13.5. The lowest BCUT2D eigenvalue weighted by molar-refractivity contribution is -0.128. The summed E-state index contributed by atoms with van der Waals surface area (Å²) in [7, 11) is 0. The normalized spacial score (nSPS) is 29.3. The zero-order valence-electron chi connectivity index (χ0n) is 22.9. The standard InChI is InChI=1S/C31H42ClF2N3O2/c1-4-25(19-28(34)9-14-33)7-8-30(39)37-15-10-26(11-16-37)29(38)21-36-17-13-31(23(2)20-36)12-5-6-27(32)18-24(3)35-22-31/h4-9,18-19,23,26,29,35,38H,1,3,10-17,20-22H2,2H3/b6-5-,8-7+,25-19+,27-18+,28-9+/t23?,29-,31?/m1/s1. The molecule has 1 spiro atoms. The fourth-order valence-electron chi connectivity index (χ4n) is 5.72. The highest BCUT2D eigenvalue weighted by Crippen LogP contribution is 2.40.